The predicted molar refractivity (Wildman–Crippen MR) is 70.7 cm³/mol. The average Bonchev–Trinajstić information content (AvgIpc) is 2.82. The number of aryl methyl sites for hydroxylation is 1. The third kappa shape index (κ3) is 2.48. The zero-order valence-corrected chi connectivity index (χ0v) is 11.9. The van der Waals surface area contributed by atoms with Crippen LogP contribution in [0.5, 0.6) is 0 Å². The average molecular weight is 304 g/mol. The summed E-state index contributed by atoms with van der Waals surface area (Å²) in [5, 5.41) is 9.23. The van der Waals surface area contributed by atoms with Gasteiger partial charge < -0.3 is 5.11 Å². The van der Waals surface area contributed by atoms with E-state index >= 15 is 0 Å². The topological polar surface area (TPSA) is 74.7 Å². The fourth-order valence-corrected chi connectivity index (χ4v) is 4.43. The molecule has 1 saturated heterocycles. The molecular weight excluding hydrogens is 290 g/mol. The van der Waals surface area contributed by atoms with Crippen LogP contribution in [-0.2, 0) is 14.8 Å². The Bertz CT molecular complexity index is 614. The lowest BCUT2D eigenvalue weighted by atomic mass is 10.2. The van der Waals surface area contributed by atoms with E-state index in [4.69, 9.17) is 16.7 Å². The maximum Gasteiger partial charge on any atom is 0.322 e. The highest BCUT2D eigenvalue weighted by Crippen LogP contribution is 2.31. The van der Waals surface area contributed by atoms with Gasteiger partial charge in [0.2, 0.25) is 10.0 Å². The van der Waals surface area contributed by atoms with E-state index in [1.165, 1.54) is 6.07 Å². The number of aliphatic carboxylic acids is 1. The van der Waals surface area contributed by atoms with Crippen molar-refractivity contribution in [3.05, 3.63) is 28.8 Å². The summed E-state index contributed by atoms with van der Waals surface area (Å²) in [6.07, 6.45) is 0.873. The van der Waals surface area contributed by atoms with Crippen molar-refractivity contribution in [2.45, 2.75) is 30.7 Å². The van der Waals surface area contributed by atoms with Gasteiger partial charge in [-0.05, 0) is 31.4 Å². The second-order valence-electron chi connectivity index (χ2n) is 4.50. The van der Waals surface area contributed by atoms with Gasteiger partial charge in [0, 0.05) is 6.54 Å². The molecule has 1 aliphatic rings. The fraction of sp³-hybridized carbons (Fsp3) is 0.417. The molecule has 0 radical (unpaired) electrons. The highest BCUT2D eigenvalue weighted by Gasteiger charge is 2.40. The molecule has 104 valence electrons. The van der Waals surface area contributed by atoms with Crippen LogP contribution >= 0.6 is 11.6 Å². The van der Waals surface area contributed by atoms with Crippen LogP contribution < -0.4 is 0 Å². The van der Waals surface area contributed by atoms with Crippen LogP contribution in [0.15, 0.2) is 23.1 Å². The minimum absolute atomic E-state index is 0.0256. The third-order valence-electron chi connectivity index (χ3n) is 3.23. The Morgan fingerprint density at radius 3 is 2.79 bits per heavy atom. The van der Waals surface area contributed by atoms with E-state index in [0.717, 1.165) is 4.31 Å². The van der Waals surface area contributed by atoms with Gasteiger partial charge in [0.15, 0.2) is 0 Å². The van der Waals surface area contributed by atoms with E-state index in [2.05, 4.69) is 0 Å². The van der Waals surface area contributed by atoms with E-state index in [1.54, 1.807) is 19.1 Å². The molecule has 7 heteroatoms. The fourth-order valence-electron chi connectivity index (χ4n) is 2.22. The molecule has 1 fully saturated rings. The van der Waals surface area contributed by atoms with Crippen molar-refractivity contribution in [3.8, 4) is 0 Å². The van der Waals surface area contributed by atoms with E-state index in [0.29, 0.717) is 18.4 Å². The van der Waals surface area contributed by atoms with Crippen molar-refractivity contribution in [1.29, 1.82) is 0 Å². The van der Waals surface area contributed by atoms with Crippen LogP contribution in [-0.4, -0.2) is 36.4 Å². The normalized spacial score (nSPS) is 20.6. The molecule has 5 nitrogen and oxygen atoms in total. The van der Waals surface area contributed by atoms with Gasteiger partial charge in [-0.15, -0.1) is 0 Å². The Morgan fingerprint density at radius 1 is 1.47 bits per heavy atom. The summed E-state index contributed by atoms with van der Waals surface area (Å²) in [5.41, 5.74) is 0.647. The number of sulfonamides is 1. The first-order chi connectivity index (χ1) is 8.85. The van der Waals surface area contributed by atoms with Gasteiger partial charge in [0.25, 0.3) is 0 Å². The number of carboxylic acids is 1. The number of hydrogen-bond acceptors (Lipinski definition) is 3. The molecule has 0 unspecified atom stereocenters. The number of halogens is 1. The molecule has 1 N–H and O–H groups in total. The zero-order valence-electron chi connectivity index (χ0n) is 10.3. The number of benzene rings is 1. The maximum absolute atomic E-state index is 12.5. The second-order valence-corrected chi connectivity index (χ2v) is 6.74. The summed E-state index contributed by atoms with van der Waals surface area (Å²) in [7, 11) is -3.87. The van der Waals surface area contributed by atoms with Crippen molar-refractivity contribution < 1.29 is 18.3 Å². The predicted octanol–water partition coefficient (Wildman–Crippen LogP) is 1.89. The summed E-state index contributed by atoms with van der Waals surface area (Å²) in [5.74, 6) is -1.12. The molecule has 1 aliphatic heterocycles. The van der Waals surface area contributed by atoms with Crippen molar-refractivity contribution in [1.82, 2.24) is 4.31 Å². The van der Waals surface area contributed by atoms with Gasteiger partial charge in [-0.1, -0.05) is 23.7 Å². The highest BCUT2D eigenvalue weighted by atomic mass is 35.5. The monoisotopic (exact) mass is 303 g/mol. The first kappa shape index (κ1) is 14.3. The van der Waals surface area contributed by atoms with Gasteiger partial charge in [-0.2, -0.15) is 4.31 Å². The number of carboxylic acid groups (broad SMARTS) is 1. The molecule has 0 bridgehead atoms. The molecular formula is C12H14ClNO4S. The molecule has 1 aromatic rings. The van der Waals surface area contributed by atoms with Crippen LogP contribution in [0.2, 0.25) is 5.02 Å². The Hall–Kier alpha value is -1.11. The molecule has 19 heavy (non-hydrogen) atoms. The molecule has 1 atom stereocenters. The van der Waals surface area contributed by atoms with Gasteiger partial charge in [-0.25, -0.2) is 8.42 Å². The Labute approximate surface area is 116 Å². The summed E-state index contributed by atoms with van der Waals surface area (Å²) < 4.78 is 26.0. The smallest absolute Gasteiger partial charge is 0.322 e. The maximum atomic E-state index is 12.5. The van der Waals surface area contributed by atoms with Gasteiger partial charge in [0.1, 0.15) is 10.9 Å². The van der Waals surface area contributed by atoms with E-state index in [9.17, 15) is 13.2 Å². The van der Waals surface area contributed by atoms with E-state index < -0.39 is 22.0 Å². The van der Waals surface area contributed by atoms with Gasteiger partial charge in [-0.3, -0.25) is 4.79 Å². The van der Waals surface area contributed by atoms with Crippen LogP contribution in [0.3, 0.4) is 0 Å². The summed E-state index contributed by atoms with van der Waals surface area (Å²) >= 11 is 6.03. The highest BCUT2D eigenvalue weighted by molar-refractivity contribution is 7.89. The SMILES string of the molecule is Cc1cccc(S(=O)(=O)N2CCC[C@H]2C(=O)O)c1Cl. The lowest BCUT2D eigenvalue weighted by Crippen LogP contribution is -2.40. The zero-order chi connectivity index (χ0) is 14.2. The standard InChI is InChI=1S/C12H14ClNO4S/c1-8-4-2-6-10(11(8)13)19(17,18)14-7-3-5-9(14)12(15)16/h2,4,6,9H,3,5,7H2,1H3,(H,15,16)/t9-/m0/s1. The quantitative estimate of drug-likeness (QED) is 0.925. The number of nitrogens with zero attached hydrogens (tertiary/aromatic N) is 1. The Morgan fingerprint density at radius 2 is 2.16 bits per heavy atom. The molecule has 0 spiro atoms. The largest absolute Gasteiger partial charge is 0.480 e. The number of rotatable bonds is 3. The summed E-state index contributed by atoms with van der Waals surface area (Å²) in [6, 6.07) is 3.71. The first-order valence-electron chi connectivity index (χ1n) is 5.85. The first-order valence-corrected chi connectivity index (χ1v) is 7.67. The molecule has 0 saturated carbocycles. The van der Waals surface area contributed by atoms with Crippen molar-refractivity contribution in [3.63, 3.8) is 0 Å². The van der Waals surface area contributed by atoms with Gasteiger partial charge in [0.05, 0.1) is 5.02 Å². The number of carbonyl (C=O) groups is 1. The molecule has 0 amide bonds. The Kier molecular flexibility index (Phi) is 3.85. The van der Waals surface area contributed by atoms with Crippen LogP contribution in [0.4, 0.5) is 0 Å². The number of hydrogen-bond donors (Lipinski definition) is 1. The molecule has 0 aliphatic carbocycles. The van der Waals surface area contributed by atoms with Crippen molar-refractivity contribution in [2.24, 2.45) is 0 Å². The molecule has 0 aromatic heterocycles. The third-order valence-corrected chi connectivity index (χ3v) is 5.80. The second kappa shape index (κ2) is 5.11. The van der Waals surface area contributed by atoms with E-state index in [1.807, 2.05) is 0 Å². The van der Waals surface area contributed by atoms with Crippen molar-refractivity contribution >= 4 is 27.6 Å². The molecule has 1 aromatic carbocycles. The lowest BCUT2D eigenvalue weighted by Gasteiger charge is -2.21. The minimum atomic E-state index is -3.87. The van der Waals surface area contributed by atoms with Crippen molar-refractivity contribution in [2.75, 3.05) is 6.54 Å². The summed E-state index contributed by atoms with van der Waals surface area (Å²) in [6.45, 7) is 1.92. The molecule has 2 rings (SSSR count). The van der Waals surface area contributed by atoms with E-state index in [-0.39, 0.29) is 16.5 Å². The van der Waals surface area contributed by atoms with Gasteiger partial charge >= 0.3 is 5.97 Å². The van der Waals surface area contributed by atoms with Crippen LogP contribution in [0.1, 0.15) is 18.4 Å². The Balaban J connectivity index is 2.48. The summed E-state index contributed by atoms with van der Waals surface area (Å²) in [4.78, 5) is 11.1. The minimum Gasteiger partial charge on any atom is -0.480 e. The van der Waals surface area contributed by atoms with Crippen LogP contribution in [0, 0.1) is 6.92 Å². The van der Waals surface area contributed by atoms with Crippen LogP contribution in [0.25, 0.3) is 0 Å². The molecule has 1 heterocycles. The lowest BCUT2D eigenvalue weighted by molar-refractivity contribution is -0.140.